The highest BCUT2D eigenvalue weighted by Crippen LogP contribution is 2.29. The van der Waals surface area contributed by atoms with Crippen LogP contribution >= 0.6 is 0 Å². The lowest BCUT2D eigenvalue weighted by molar-refractivity contribution is 1.31. The molecule has 1 nitrogen and oxygen atoms in total. The Labute approximate surface area is 92.3 Å². The molecule has 0 aromatic heterocycles. The highest BCUT2D eigenvalue weighted by molar-refractivity contribution is 6.92. The summed E-state index contributed by atoms with van der Waals surface area (Å²) in [6.07, 6.45) is 8.86. The molecular formula is C13H17NSi. The smallest absolute Gasteiger partial charge is 0.0938 e. The van der Waals surface area contributed by atoms with E-state index in [4.69, 9.17) is 5.73 Å². The highest BCUT2D eigenvalue weighted by Gasteiger charge is 2.32. The number of nitrogen functional groups attached to an aromatic ring is 1. The van der Waals surface area contributed by atoms with E-state index in [1.165, 1.54) is 5.19 Å². The third-order valence-corrected chi connectivity index (χ3v) is 7.13. The molecule has 15 heavy (non-hydrogen) atoms. The van der Waals surface area contributed by atoms with Gasteiger partial charge in [-0.15, -0.1) is 0 Å². The minimum Gasteiger partial charge on any atom is -0.399 e. The quantitative estimate of drug-likeness (QED) is 0.596. The molecule has 0 fully saturated rings. The lowest BCUT2D eigenvalue weighted by Gasteiger charge is -2.28. The van der Waals surface area contributed by atoms with E-state index in [2.05, 4.69) is 49.5 Å². The van der Waals surface area contributed by atoms with Crippen LogP contribution in [0.1, 0.15) is 0 Å². The monoisotopic (exact) mass is 215 g/mol. The van der Waals surface area contributed by atoms with E-state index >= 15 is 0 Å². The molecule has 0 heterocycles. The average Bonchev–Trinajstić information content (AvgIpc) is 2.71. The number of hydrogen-bond donors (Lipinski definition) is 1. The molecule has 78 valence electrons. The predicted octanol–water partition coefficient (Wildman–Crippen LogP) is 2.68. The zero-order valence-corrected chi connectivity index (χ0v) is 10.3. The van der Waals surface area contributed by atoms with Crippen LogP contribution in [0.25, 0.3) is 0 Å². The van der Waals surface area contributed by atoms with Gasteiger partial charge < -0.3 is 5.73 Å². The largest absolute Gasteiger partial charge is 0.399 e. The van der Waals surface area contributed by atoms with Gasteiger partial charge in [-0.05, 0) is 16.8 Å². The fraction of sp³-hybridized carbons (Fsp3) is 0.231. The molecule has 2 N–H and O–H groups in total. The van der Waals surface area contributed by atoms with Gasteiger partial charge in [0.25, 0.3) is 0 Å². The molecule has 0 amide bonds. The third-order valence-electron chi connectivity index (χ3n) is 3.24. The second-order valence-electron chi connectivity index (χ2n) is 4.60. The molecule has 1 aromatic carbocycles. The zero-order valence-electron chi connectivity index (χ0n) is 9.27. The molecule has 0 atom stereocenters. The Kier molecular flexibility index (Phi) is 2.53. The summed E-state index contributed by atoms with van der Waals surface area (Å²) in [6.45, 7) is 4.76. The second-order valence-corrected chi connectivity index (χ2v) is 9.25. The van der Waals surface area contributed by atoms with Crippen LogP contribution in [0.3, 0.4) is 0 Å². The van der Waals surface area contributed by atoms with Crippen LogP contribution in [0.4, 0.5) is 5.69 Å². The van der Waals surface area contributed by atoms with Crippen LogP contribution in [-0.2, 0) is 0 Å². The van der Waals surface area contributed by atoms with Crippen LogP contribution in [0.2, 0.25) is 18.6 Å². The molecule has 0 bridgehead atoms. The van der Waals surface area contributed by atoms with Crippen LogP contribution in [-0.4, -0.2) is 8.07 Å². The van der Waals surface area contributed by atoms with Crippen LogP contribution < -0.4 is 10.9 Å². The number of nitrogens with two attached hydrogens (primary N) is 1. The molecule has 1 aliphatic rings. The predicted molar refractivity (Wildman–Crippen MR) is 70.0 cm³/mol. The van der Waals surface area contributed by atoms with E-state index in [1.807, 2.05) is 12.1 Å². The number of para-hydroxylation sites is 1. The fourth-order valence-corrected chi connectivity index (χ4v) is 5.07. The van der Waals surface area contributed by atoms with E-state index in [-0.39, 0.29) is 0 Å². The van der Waals surface area contributed by atoms with Gasteiger partial charge in [-0.3, -0.25) is 0 Å². The summed E-state index contributed by atoms with van der Waals surface area (Å²) < 4.78 is 0. The van der Waals surface area contributed by atoms with Crippen molar-refractivity contribution in [2.24, 2.45) is 0 Å². The van der Waals surface area contributed by atoms with E-state index in [1.54, 1.807) is 0 Å². The minimum absolute atomic E-state index is 0.585. The number of rotatable bonds is 2. The van der Waals surface area contributed by atoms with E-state index in [0.29, 0.717) is 5.54 Å². The van der Waals surface area contributed by atoms with Crippen LogP contribution in [0.15, 0.2) is 48.6 Å². The van der Waals surface area contributed by atoms with E-state index in [0.717, 1.165) is 5.69 Å². The lowest BCUT2D eigenvalue weighted by atomic mass is 10.3. The van der Waals surface area contributed by atoms with Gasteiger partial charge in [-0.25, -0.2) is 0 Å². The first-order valence-electron chi connectivity index (χ1n) is 5.32. The summed E-state index contributed by atoms with van der Waals surface area (Å²) in [7, 11) is -1.49. The molecule has 0 radical (unpaired) electrons. The summed E-state index contributed by atoms with van der Waals surface area (Å²) in [6, 6.07) is 8.28. The molecule has 0 aliphatic heterocycles. The number of allylic oxidation sites excluding steroid dienone is 4. The normalized spacial score (nSPS) is 16.1. The van der Waals surface area contributed by atoms with Crippen molar-refractivity contribution in [1.29, 1.82) is 0 Å². The fourth-order valence-electron chi connectivity index (χ4n) is 2.18. The molecule has 1 aliphatic carbocycles. The van der Waals surface area contributed by atoms with Crippen molar-refractivity contribution in [2.45, 2.75) is 18.6 Å². The maximum atomic E-state index is 6.06. The first-order chi connectivity index (χ1) is 7.12. The van der Waals surface area contributed by atoms with Gasteiger partial charge >= 0.3 is 0 Å². The van der Waals surface area contributed by atoms with Gasteiger partial charge in [0.15, 0.2) is 0 Å². The van der Waals surface area contributed by atoms with Gasteiger partial charge in [-0.1, -0.05) is 55.6 Å². The van der Waals surface area contributed by atoms with Crippen LogP contribution in [0.5, 0.6) is 0 Å². The second kappa shape index (κ2) is 3.70. The maximum absolute atomic E-state index is 6.06. The van der Waals surface area contributed by atoms with Gasteiger partial charge in [0.05, 0.1) is 8.07 Å². The SMILES string of the molecule is C[Si](C)(c1ccccc1N)C1C=CC=C1. The van der Waals surface area contributed by atoms with E-state index < -0.39 is 8.07 Å². The summed E-state index contributed by atoms with van der Waals surface area (Å²) in [5.74, 6) is 0. The summed E-state index contributed by atoms with van der Waals surface area (Å²) in [5, 5.41) is 1.37. The van der Waals surface area contributed by atoms with Crippen molar-refractivity contribution in [3.05, 3.63) is 48.6 Å². The van der Waals surface area contributed by atoms with Crippen molar-refractivity contribution >= 4 is 18.9 Å². The Bertz CT molecular complexity index is 406. The van der Waals surface area contributed by atoms with Gasteiger partial charge in [0, 0.05) is 5.69 Å². The van der Waals surface area contributed by atoms with Gasteiger partial charge in [-0.2, -0.15) is 0 Å². The summed E-state index contributed by atoms with van der Waals surface area (Å²) in [4.78, 5) is 0. The number of benzene rings is 1. The molecule has 1 aromatic rings. The molecule has 0 saturated heterocycles. The number of anilines is 1. The standard InChI is InChI=1S/C13H17NSi/c1-15(2,11-7-3-4-8-11)13-10-6-5-9-12(13)14/h3-11H,14H2,1-2H3. The highest BCUT2D eigenvalue weighted by atomic mass is 28.3. The Morgan fingerprint density at radius 1 is 1.07 bits per heavy atom. The topological polar surface area (TPSA) is 26.0 Å². The Morgan fingerprint density at radius 3 is 2.27 bits per heavy atom. The molecule has 0 unspecified atom stereocenters. The van der Waals surface area contributed by atoms with Gasteiger partial charge in [0.2, 0.25) is 0 Å². The Morgan fingerprint density at radius 2 is 1.67 bits per heavy atom. The van der Waals surface area contributed by atoms with Crippen LogP contribution in [0, 0.1) is 0 Å². The average molecular weight is 215 g/mol. The lowest BCUT2D eigenvalue weighted by Crippen LogP contribution is -2.45. The zero-order chi connectivity index (χ0) is 10.9. The first kappa shape index (κ1) is 10.2. The third kappa shape index (κ3) is 1.77. The van der Waals surface area contributed by atoms with E-state index in [9.17, 15) is 0 Å². The summed E-state index contributed by atoms with van der Waals surface area (Å²) in [5.41, 5.74) is 7.59. The molecule has 0 spiro atoms. The molecular weight excluding hydrogens is 198 g/mol. The maximum Gasteiger partial charge on any atom is 0.0938 e. The molecule has 0 saturated carbocycles. The number of hydrogen-bond acceptors (Lipinski definition) is 1. The van der Waals surface area contributed by atoms with Crippen molar-refractivity contribution in [3.8, 4) is 0 Å². The molecule has 2 rings (SSSR count). The van der Waals surface area contributed by atoms with Crippen molar-refractivity contribution in [1.82, 2.24) is 0 Å². The Balaban J connectivity index is 2.41. The summed E-state index contributed by atoms with van der Waals surface area (Å²) >= 11 is 0. The van der Waals surface area contributed by atoms with Gasteiger partial charge in [0.1, 0.15) is 0 Å². The van der Waals surface area contributed by atoms with Crippen molar-refractivity contribution in [2.75, 3.05) is 5.73 Å². The molecule has 2 heteroatoms. The Hall–Kier alpha value is -1.28. The van der Waals surface area contributed by atoms with Crippen molar-refractivity contribution in [3.63, 3.8) is 0 Å². The first-order valence-corrected chi connectivity index (χ1v) is 8.40. The minimum atomic E-state index is -1.49. The van der Waals surface area contributed by atoms with Crippen molar-refractivity contribution < 1.29 is 0 Å².